The Labute approximate surface area is 196 Å². The molecule has 0 saturated heterocycles. The first-order valence-electron chi connectivity index (χ1n) is 11.1. The number of carbonyl (C=O) groups is 4. The van der Waals surface area contributed by atoms with E-state index in [1.54, 1.807) is 13.8 Å². The quantitative estimate of drug-likeness (QED) is 0.157. The van der Waals surface area contributed by atoms with Crippen LogP contribution in [0.15, 0.2) is 24.3 Å². The Hall–Kier alpha value is -2.84. The summed E-state index contributed by atoms with van der Waals surface area (Å²) < 4.78 is 20.3. The monoisotopic (exact) mass is 469 g/mol. The van der Waals surface area contributed by atoms with Crippen LogP contribution in [0.25, 0.3) is 0 Å². The third-order valence-electron chi connectivity index (χ3n) is 4.50. The Morgan fingerprint density at radius 3 is 2.03 bits per heavy atom. The van der Waals surface area contributed by atoms with Gasteiger partial charge in [-0.15, -0.1) is 0 Å². The molecule has 0 spiro atoms. The molecule has 0 fully saturated rings. The summed E-state index contributed by atoms with van der Waals surface area (Å²) in [5.41, 5.74) is 0.500. The molecule has 0 aromatic carbocycles. The highest BCUT2D eigenvalue weighted by molar-refractivity contribution is 5.87. The standard InChI is InChI=1S/C24H39NO8/c1-17(2)21(27)31-12-8-9-20(26)30-13-10-24(6,7)15-19(5)16-33-23(29)25-11-14-32-22(28)18(3)4/h19H,1,3,8-16H2,2,4-7H3,(H,25,29). The molecule has 0 bridgehead atoms. The fourth-order valence-electron chi connectivity index (χ4n) is 2.81. The topological polar surface area (TPSA) is 117 Å². The first-order valence-corrected chi connectivity index (χ1v) is 11.1. The predicted molar refractivity (Wildman–Crippen MR) is 123 cm³/mol. The lowest BCUT2D eigenvalue weighted by atomic mass is 9.81. The second-order valence-corrected chi connectivity index (χ2v) is 8.91. The van der Waals surface area contributed by atoms with E-state index in [2.05, 4.69) is 32.3 Å². The van der Waals surface area contributed by atoms with Crippen molar-refractivity contribution in [3.05, 3.63) is 24.3 Å². The number of nitrogens with one attached hydrogen (secondary N) is 1. The third-order valence-corrected chi connectivity index (χ3v) is 4.50. The highest BCUT2D eigenvalue weighted by Crippen LogP contribution is 2.29. The van der Waals surface area contributed by atoms with Crippen LogP contribution in [-0.2, 0) is 33.3 Å². The zero-order chi connectivity index (χ0) is 25.4. The molecule has 0 heterocycles. The molecule has 0 rings (SSSR count). The molecule has 0 aromatic rings. The van der Waals surface area contributed by atoms with Crippen molar-refractivity contribution in [3.63, 3.8) is 0 Å². The summed E-state index contributed by atoms with van der Waals surface area (Å²) in [6, 6.07) is 0. The summed E-state index contributed by atoms with van der Waals surface area (Å²) in [7, 11) is 0. The van der Waals surface area contributed by atoms with Crippen molar-refractivity contribution in [2.75, 3.05) is 33.0 Å². The molecule has 0 saturated carbocycles. The normalized spacial score (nSPS) is 11.7. The second-order valence-electron chi connectivity index (χ2n) is 8.91. The molecule has 9 nitrogen and oxygen atoms in total. The van der Waals surface area contributed by atoms with Crippen LogP contribution in [0, 0.1) is 11.3 Å². The van der Waals surface area contributed by atoms with E-state index in [1.807, 2.05) is 6.92 Å². The van der Waals surface area contributed by atoms with E-state index in [1.165, 1.54) is 0 Å². The number of amides is 1. The fraction of sp³-hybridized carbons (Fsp3) is 0.667. The maximum atomic E-state index is 11.8. The van der Waals surface area contributed by atoms with Crippen LogP contribution < -0.4 is 5.32 Å². The van der Waals surface area contributed by atoms with Crippen molar-refractivity contribution in [1.29, 1.82) is 0 Å². The van der Waals surface area contributed by atoms with Gasteiger partial charge in [0, 0.05) is 17.6 Å². The van der Waals surface area contributed by atoms with Crippen LogP contribution in [0.1, 0.15) is 60.3 Å². The molecule has 1 N–H and O–H groups in total. The molecule has 188 valence electrons. The Kier molecular flexibility index (Phi) is 14.5. The van der Waals surface area contributed by atoms with Gasteiger partial charge in [0.05, 0.1) is 26.4 Å². The van der Waals surface area contributed by atoms with Gasteiger partial charge in [0.1, 0.15) is 6.61 Å². The number of rotatable bonds is 16. The van der Waals surface area contributed by atoms with E-state index < -0.39 is 18.0 Å². The summed E-state index contributed by atoms with van der Waals surface area (Å²) in [5, 5.41) is 2.52. The van der Waals surface area contributed by atoms with Crippen LogP contribution in [0.3, 0.4) is 0 Å². The average molecular weight is 470 g/mol. The van der Waals surface area contributed by atoms with E-state index in [0.717, 1.165) is 6.42 Å². The first kappa shape index (κ1) is 30.2. The van der Waals surface area contributed by atoms with Gasteiger partial charge in [-0.25, -0.2) is 14.4 Å². The number of ether oxygens (including phenoxy) is 4. The van der Waals surface area contributed by atoms with Crippen molar-refractivity contribution in [3.8, 4) is 0 Å². The first-order chi connectivity index (χ1) is 15.3. The van der Waals surface area contributed by atoms with Crippen LogP contribution >= 0.6 is 0 Å². The Balaban J connectivity index is 3.96. The van der Waals surface area contributed by atoms with Crippen molar-refractivity contribution >= 4 is 24.0 Å². The van der Waals surface area contributed by atoms with Crippen molar-refractivity contribution in [2.24, 2.45) is 11.3 Å². The maximum Gasteiger partial charge on any atom is 0.407 e. The van der Waals surface area contributed by atoms with Crippen LogP contribution in [0.5, 0.6) is 0 Å². The lowest BCUT2D eigenvalue weighted by Gasteiger charge is -2.27. The van der Waals surface area contributed by atoms with Gasteiger partial charge < -0.3 is 24.3 Å². The minimum Gasteiger partial charge on any atom is -0.466 e. The molecule has 0 aliphatic rings. The third kappa shape index (κ3) is 16.5. The molecule has 0 aromatic heterocycles. The number of hydrogen-bond donors (Lipinski definition) is 1. The maximum absolute atomic E-state index is 11.8. The van der Waals surface area contributed by atoms with Crippen LogP contribution in [-0.4, -0.2) is 57.0 Å². The van der Waals surface area contributed by atoms with Gasteiger partial charge in [0.15, 0.2) is 0 Å². The molecule has 1 amide bonds. The van der Waals surface area contributed by atoms with Crippen molar-refractivity contribution < 1.29 is 38.1 Å². The van der Waals surface area contributed by atoms with Gasteiger partial charge in [-0.3, -0.25) is 4.79 Å². The molecule has 0 aliphatic heterocycles. The number of esters is 3. The molecule has 9 heteroatoms. The summed E-state index contributed by atoms with van der Waals surface area (Å²) >= 11 is 0. The Morgan fingerprint density at radius 2 is 1.45 bits per heavy atom. The lowest BCUT2D eigenvalue weighted by molar-refractivity contribution is -0.146. The fourth-order valence-corrected chi connectivity index (χ4v) is 2.81. The predicted octanol–water partition coefficient (Wildman–Crippen LogP) is 3.72. The van der Waals surface area contributed by atoms with Gasteiger partial charge in [-0.05, 0) is 44.4 Å². The van der Waals surface area contributed by atoms with Gasteiger partial charge >= 0.3 is 24.0 Å². The van der Waals surface area contributed by atoms with Crippen LogP contribution in [0.2, 0.25) is 0 Å². The zero-order valence-electron chi connectivity index (χ0n) is 20.6. The number of hydrogen-bond acceptors (Lipinski definition) is 8. The highest BCUT2D eigenvalue weighted by Gasteiger charge is 2.22. The smallest absolute Gasteiger partial charge is 0.407 e. The molecular weight excluding hydrogens is 430 g/mol. The van der Waals surface area contributed by atoms with E-state index in [0.29, 0.717) is 24.0 Å². The molecule has 1 unspecified atom stereocenters. The van der Waals surface area contributed by atoms with Crippen LogP contribution in [0.4, 0.5) is 4.79 Å². The summed E-state index contributed by atoms with van der Waals surface area (Å²) in [6.07, 6.45) is 1.43. The second kappa shape index (κ2) is 15.9. The van der Waals surface area contributed by atoms with Crippen molar-refractivity contribution in [1.82, 2.24) is 5.32 Å². The Morgan fingerprint density at radius 1 is 0.879 bits per heavy atom. The van der Waals surface area contributed by atoms with Gasteiger partial charge in [0.25, 0.3) is 0 Å². The van der Waals surface area contributed by atoms with Gasteiger partial charge in [-0.2, -0.15) is 0 Å². The summed E-state index contributed by atoms with van der Waals surface area (Å²) in [5.74, 6) is -1.20. The number of carbonyl (C=O) groups excluding carboxylic acids is 4. The molecule has 0 radical (unpaired) electrons. The van der Waals surface area contributed by atoms with E-state index in [9.17, 15) is 19.2 Å². The highest BCUT2D eigenvalue weighted by atomic mass is 16.6. The van der Waals surface area contributed by atoms with E-state index in [4.69, 9.17) is 18.9 Å². The van der Waals surface area contributed by atoms with Gasteiger partial charge in [-0.1, -0.05) is 33.9 Å². The average Bonchev–Trinajstić information content (AvgIpc) is 2.71. The summed E-state index contributed by atoms with van der Waals surface area (Å²) in [6.45, 7) is 17.0. The molecule has 33 heavy (non-hydrogen) atoms. The zero-order valence-corrected chi connectivity index (χ0v) is 20.6. The molecular formula is C24H39NO8. The van der Waals surface area contributed by atoms with E-state index >= 15 is 0 Å². The van der Waals surface area contributed by atoms with Crippen molar-refractivity contribution in [2.45, 2.75) is 60.3 Å². The minimum atomic E-state index is -0.575. The SMILES string of the molecule is C=C(C)C(=O)OCCCC(=O)OCCC(C)(C)CC(C)COC(=O)NCCOC(=O)C(=C)C. The molecule has 0 aliphatic carbocycles. The van der Waals surface area contributed by atoms with E-state index in [-0.39, 0.29) is 56.7 Å². The summed E-state index contributed by atoms with van der Waals surface area (Å²) in [4.78, 5) is 46.0. The Bertz CT molecular complexity index is 699. The largest absolute Gasteiger partial charge is 0.466 e. The molecule has 1 atom stereocenters. The lowest BCUT2D eigenvalue weighted by Crippen LogP contribution is -2.30. The minimum absolute atomic E-state index is 0.0434. The van der Waals surface area contributed by atoms with Gasteiger partial charge in [0.2, 0.25) is 0 Å². The number of alkyl carbamates (subject to hydrolysis) is 1.